The Bertz CT molecular complexity index is 2280. The summed E-state index contributed by atoms with van der Waals surface area (Å²) in [6.07, 6.45) is 0. The fourth-order valence-electron chi connectivity index (χ4n) is 5.67. The summed E-state index contributed by atoms with van der Waals surface area (Å²) in [5.74, 6) is -6.95. The summed E-state index contributed by atoms with van der Waals surface area (Å²) in [7, 11) is 0. The highest BCUT2D eigenvalue weighted by Crippen LogP contribution is 2.32. The predicted molar refractivity (Wildman–Crippen MR) is 178 cm³/mol. The average molecular weight is 697 g/mol. The number of aromatic carboxylic acids is 2. The minimum Gasteiger partial charge on any atom is -0.478 e. The smallest absolute Gasteiger partial charge is 0.343 e. The minimum atomic E-state index is -1.23. The number of hydrogen-bond donors (Lipinski definition) is 2. The van der Waals surface area contributed by atoms with Crippen molar-refractivity contribution >= 4 is 58.9 Å². The number of imide groups is 2. The molecule has 0 aliphatic carbocycles. The molecule has 52 heavy (non-hydrogen) atoms. The molecule has 5 aromatic carbocycles. The van der Waals surface area contributed by atoms with Crippen molar-refractivity contribution in [3.8, 4) is 11.5 Å². The molecule has 0 spiro atoms. The van der Waals surface area contributed by atoms with Gasteiger partial charge < -0.3 is 19.7 Å². The van der Waals surface area contributed by atoms with Crippen LogP contribution in [0.4, 0.5) is 11.4 Å². The number of anilines is 2. The van der Waals surface area contributed by atoms with Crippen LogP contribution in [0.5, 0.6) is 11.5 Å². The molecule has 0 radical (unpaired) electrons. The summed E-state index contributed by atoms with van der Waals surface area (Å²) in [5, 5.41) is 18.6. The molecule has 7 rings (SSSR count). The molecule has 0 unspecified atom stereocenters. The second-order valence-corrected chi connectivity index (χ2v) is 11.4. The van der Waals surface area contributed by atoms with Crippen LogP contribution in [0.25, 0.3) is 0 Å². The summed E-state index contributed by atoms with van der Waals surface area (Å²) in [6.45, 7) is 0. The molecule has 14 nitrogen and oxygen atoms in total. The van der Waals surface area contributed by atoms with E-state index in [1.807, 2.05) is 0 Å². The fourth-order valence-corrected chi connectivity index (χ4v) is 5.67. The predicted octanol–water partition coefficient (Wildman–Crippen LogP) is 5.12. The first-order valence-electron chi connectivity index (χ1n) is 15.2. The van der Waals surface area contributed by atoms with E-state index in [0.29, 0.717) is 0 Å². The van der Waals surface area contributed by atoms with Gasteiger partial charge in [0, 0.05) is 0 Å². The van der Waals surface area contributed by atoms with Crippen molar-refractivity contribution in [2.24, 2.45) is 0 Å². The van der Waals surface area contributed by atoms with E-state index >= 15 is 0 Å². The first-order valence-corrected chi connectivity index (χ1v) is 15.2. The highest BCUT2D eigenvalue weighted by Gasteiger charge is 2.39. The van der Waals surface area contributed by atoms with E-state index in [1.165, 1.54) is 109 Å². The molecule has 2 aliphatic heterocycles. The number of carboxylic acid groups (broad SMARTS) is 2. The Morgan fingerprint density at radius 3 is 1.15 bits per heavy atom. The molecule has 5 aromatic rings. The minimum absolute atomic E-state index is 0.0237. The molecule has 0 saturated carbocycles. The van der Waals surface area contributed by atoms with E-state index in [2.05, 4.69) is 0 Å². The number of ether oxygens (including phenoxy) is 2. The van der Waals surface area contributed by atoms with Gasteiger partial charge in [0.15, 0.2) is 0 Å². The maximum Gasteiger partial charge on any atom is 0.343 e. The van der Waals surface area contributed by atoms with Crippen molar-refractivity contribution < 1.29 is 58.0 Å². The van der Waals surface area contributed by atoms with Gasteiger partial charge in [-0.1, -0.05) is 12.1 Å². The third-order valence-electron chi connectivity index (χ3n) is 8.19. The van der Waals surface area contributed by atoms with Crippen molar-refractivity contribution in [1.82, 2.24) is 0 Å². The number of nitrogens with zero attached hydrogens (tertiary/aromatic N) is 2. The van der Waals surface area contributed by atoms with Crippen molar-refractivity contribution in [2.75, 3.05) is 9.80 Å². The van der Waals surface area contributed by atoms with Gasteiger partial charge in [0.05, 0.1) is 55.9 Å². The lowest BCUT2D eigenvalue weighted by atomic mass is 10.1. The van der Waals surface area contributed by atoms with E-state index in [9.17, 15) is 48.6 Å². The van der Waals surface area contributed by atoms with Gasteiger partial charge in [-0.25, -0.2) is 29.0 Å². The molecular formula is C38H20N2O12. The SMILES string of the molecule is O=C(O)c1cccc(N2C(=O)c3ccc(C(=O)Oc4ccc(OC(=O)c5ccc6c(c5)C(=O)N(c5cccc(C(=O)O)c5)C6=O)cc4)cc3C2=O)c1. The number of carboxylic acids is 2. The summed E-state index contributed by atoms with van der Waals surface area (Å²) in [4.78, 5) is 103. The normalized spacial score (nSPS) is 13.2. The average Bonchev–Trinajstić information content (AvgIpc) is 3.55. The van der Waals surface area contributed by atoms with Crippen LogP contribution in [-0.4, -0.2) is 57.7 Å². The lowest BCUT2D eigenvalue weighted by molar-refractivity contribution is 0.0686. The zero-order chi connectivity index (χ0) is 36.8. The van der Waals surface area contributed by atoms with Gasteiger partial charge in [-0.3, -0.25) is 19.2 Å². The zero-order valence-corrected chi connectivity index (χ0v) is 26.3. The lowest BCUT2D eigenvalue weighted by Crippen LogP contribution is -2.29. The van der Waals surface area contributed by atoms with Crippen LogP contribution in [0, 0.1) is 0 Å². The van der Waals surface area contributed by atoms with E-state index in [0.717, 1.165) is 9.80 Å². The summed E-state index contributed by atoms with van der Waals surface area (Å²) in [6, 6.07) is 23.6. The molecule has 0 aromatic heterocycles. The van der Waals surface area contributed by atoms with Crippen molar-refractivity contribution in [3.63, 3.8) is 0 Å². The van der Waals surface area contributed by atoms with E-state index in [4.69, 9.17) is 9.47 Å². The van der Waals surface area contributed by atoms with Crippen LogP contribution in [-0.2, 0) is 0 Å². The number of rotatable bonds is 8. The summed E-state index contributed by atoms with van der Waals surface area (Å²) >= 11 is 0. The summed E-state index contributed by atoms with van der Waals surface area (Å²) in [5.41, 5.74) is -0.305. The molecule has 2 aliphatic rings. The Labute approximate surface area is 291 Å². The Balaban J connectivity index is 1.01. The van der Waals surface area contributed by atoms with Crippen LogP contribution >= 0.6 is 0 Å². The molecule has 2 N–H and O–H groups in total. The van der Waals surface area contributed by atoms with Crippen LogP contribution in [0.2, 0.25) is 0 Å². The topological polar surface area (TPSA) is 202 Å². The highest BCUT2D eigenvalue weighted by atomic mass is 16.5. The van der Waals surface area contributed by atoms with E-state index < -0.39 is 47.5 Å². The number of carbonyl (C=O) groups is 8. The van der Waals surface area contributed by atoms with Gasteiger partial charge in [0.25, 0.3) is 23.6 Å². The Morgan fingerprint density at radius 1 is 0.423 bits per heavy atom. The van der Waals surface area contributed by atoms with Crippen molar-refractivity contribution in [3.05, 3.63) is 154 Å². The number of fused-ring (bicyclic) bond motifs is 2. The standard InChI is InChI=1S/C38H20N2O12/c41-31-27-13-7-21(17-29(27)33(43)39(31)23-5-1-3-19(15-23)35(45)46)37(49)51-25-9-11-26(12-10-25)52-38(50)22-8-14-28-30(18-22)34(44)40(32(28)42)24-6-2-4-20(16-24)36(47)48/h1-18H,(H,45,46)(H,47,48). The number of esters is 2. The lowest BCUT2D eigenvalue weighted by Gasteiger charge is -2.14. The number of carbonyl (C=O) groups excluding carboxylic acids is 6. The van der Waals surface area contributed by atoms with Crippen LogP contribution in [0.3, 0.4) is 0 Å². The Kier molecular flexibility index (Phi) is 7.95. The van der Waals surface area contributed by atoms with Crippen molar-refractivity contribution in [1.29, 1.82) is 0 Å². The van der Waals surface area contributed by atoms with Crippen LogP contribution in [0.15, 0.2) is 109 Å². The third-order valence-corrected chi connectivity index (χ3v) is 8.19. The molecule has 0 atom stereocenters. The molecule has 4 amide bonds. The molecule has 0 saturated heterocycles. The third kappa shape index (κ3) is 5.71. The summed E-state index contributed by atoms with van der Waals surface area (Å²) < 4.78 is 10.8. The Hall–Kier alpha value is -7.74. The fraction of sp³-hybridized carbons (Fsp3) is 0. The quantitative estimate of drug-likeness (QED) is 0.123. The number of hydrogen-bond acceptors (Lipinski definition) is 10. The number of benzene rings is 5. The molecule has 0 fully saturated rings. The van der Waals surface area contributed by atoms with Gasteiger partial charge in [-0.15, -0.1) is 0 Å². The zero-order valence-electron chi connectivity index (χ0n) is 26.3. The largest absolute Gasteiger partial charge is 0.478 e. The van der Waals surface area contributed by atoms with Crippen LogP contribution < -0.4 is 19.3 Å². The molecular weight excluding hydrogens is 676 g/mol. The van der Waals surface area contributed by atoms with Gasteiger partial charge in [-0.2, -0.15) is 0 Å². The molecule has 254 valence electrons. The van der Waals surface area contributed by atoms with E-state index in [1.54, 1.807) is 0 Å². The highest BCUT2D eigenvalue weighted by molar-refractivity contribution is 6.35. The first kappa shape index (κ1) is 32.8. The van der Waals surface area contributed by atoms with Crippen LogP contribution in [0.1, 0.15) is 82.9 Å². The first-order chi connectivity index (χ1) is 24.9. The van der Waals surface area contributed by atoms with Gasteiger partial charge in [-0.05, 0) is 97.1 Å². The monoisotopic (exact) mass is 696 g/mol. The van der Waals surface area contributed by atoms with E-state index in [-0.39, 0.29) is 67.4 Å². The molecule has 2 heterocycles. The molecule has 0 bridgehead atoms. The molecule has 14 heteroatoms. The second kappa shape index (κ2) is 12.6. The maximum atomic E-state index is 13.2. The van der Waals surface area contributed by atoms with Gasteiger partial charge >= 0.3 is 23.9 Å². The van der Waals surface area contributed by atoms with Crippen molar-refractivity contribution in [2.45, 2.75) is 0 Å². The van der Waals surface area contributed by atoms with Gasteiger partial charge in [0.2, 0.25) is 0 Å². The maximum absolute atomic E-state index is 13.2. The second-order valence-electron chi connectivity index (χ2n) is 11.4. The number of amides is 4. The van der Waals surface area contributed by atoms with Gasteiger partial charge in [0.1, 0.15) is 11.5 Å². The Morgan fingerprint density at radius 2 is 0.788 bits per heavy atom.